The van der Waals surface area contributed by atoms with Crippen LogP contribution in [-0.4, -0.2) is 31.9 Å². The second kappa shape index (κ2) is 6.23. The number of ether oxygens (including phenoxy) is 3. The SMILES string of the molecule is COC(=O)Nc1nc2c(OC)ccc(C3=CCCCO3)c2s1. The first-order chi connectivity index (χ1) is 10.7. The zero-order valence-electron chi connectivity index (χ0n) is 12.3. The smallest absolute Gasteiger partial charge is 0.413 e. The quantitative estimate of drug-likeness (QED) is 0.935. The summed E-state index contributed by atoms with van der Waals surface area (Å²) < 4.78 is 16.6. The summed E-state index contributed by atoms with van der Waals surface area (Å²) in [4.78, 5) is 15.8. The van der Waals surface area contributed by atoms with Crippen LogP contribution < -0.4 is 10.1 Å². The topological polar surface area (TPSA) is 69.7 Å². The van der Waals surface area contributed by atoms with Crippen molar-refractivity contribution in [2.45, 2.75) is 12.8 Å². The van der Waals surface area contributed by atoms with E-state index in [2.05, 4.69) is 21.1 Å². The van der Waals surface area contributed by atoms with Crippen LogP contribution in [0.2, 0.25) is 0 Å². The third-order valence-corrected chi connectivity index (χ3v) is 4.33. The van der Waals surface area contributed by atoms with E-state index in [1.54, 1.807) is 7.11 Å². The van der Waals surface area contributed by atoms with Gasteiger partial charge in [-0.2, -0.15) is 0 Å². The zero-order valence-corrected chi connectivity index (χ0v) is 13.2. The molecule has 1 aliphatic rings. The molecule has 0 saturated heterocycles. The van der Waals surface area contributed by atoms with Crippen LogP contribution in [0.1, 0.15) is 18.4 Å². The third-order valence-electron chi connectivity index (χ3n) is 3.32. The molecule has 3 rings (SSSR count). The third kappa shape index (κ3) is 2.71. The first-order valence-electron chi connectivity index (χ1n) is 6.88. The fourth-order valence-electron chi connectivity index (χ4n) is 2.28. The van der Waals surface area contributed by atoms with E-state index in [-0.39, 0.29) is 0 Å². The van der Waals surface area contributed by atoms with Gasteiger partial charge in [0.2, 0.25) is 0 Å². The molecule has 2 aromatic rings. The maximum atomic E-state index is 11.4. The van der Waals surface area contributed by atoms with Crippen molar-refractivity contribution in [3.63, 3.8) is 0 Å². The summed E-state index contributed by atoms with van der Waals surface area (Å²) in [5, 5.41) is 3.05. The summed E-state index contributed by atoms with van der Waals surface area (Å²) >= 11 is 1.37. The standard InChI is InChI=1S/C15H16N2O4S/c1-19-11-7-6-9(10-5-3-4-8-21-10)13-12(11)16-14(22-13)17-15(18)20-2/h5-7H,3-4,8H2,1-2H3,(H,16,17,18). The summed E-state index contributed by atoms with van der Waals surface area (Å²) in [6, 6.07) is 3.82. The second-order valence-electron chi connectivity index (χ2n) is 4.69. The molecular formula is C15H16N2O4S. The van der Waals surface area contributed by atoms with Crippen molar-refractivity contribution in [2.24, 2.45) is 0 Å². The van der Waals surface area contributed by atoms with Crippen molar-refractivity contribution >= 4 is 38.5 Å². The Morgan fingerprint density at radius 1 is 1.41 bits per heavy atom. The molecule has 1 N–H and O–H groups in total. The molecule has 0 unspecified atom stereocenters. The Morgan fingerprint density at radius 2 is 2.27 bits per heavy atom. The molecule has 0 saturated carbocycles. The summed E-state index contributed by atoms with van der Waals surface area (Å²) in [5.41, 5.74) is 1.66. The average molecular weight is 320 g/mol. The minimum absolute atomic E-state index is 0.462. The van der Waals surface area contributed by atoms with Gasteiger partial charge in [0.15, 0.2) is 5.13 Å². The lowest BCUT2D eigenvalue weighted by atomic mass is 10.1. The highest BCUT2D eigenvalue weighted by molar-refractivity contribution is 7.22. The number of amides is 1. The van der Waals surface area contributed by atoms with Gasteiger partial charge in [-0.05, 0) is 31.1 Å². The fourth-order valence-corrected chi connectivity index (χ4v) is 3.27. The van der Waals surface area contributed by atoms with E-state index < -0.39 is 6.09 Å². The number of nitrogens with one attached hydrogen (secondary N) is 1. The fraction of sp³-hybridized carbons (Fsp3) is 0.333. The van der Waals surface area contributed by atoms with Crippen molar-refractivity contribution in [1.29, 1.82) is 0 Å². The van der Waals surface area contributed by atoms with Crippen molar-refractivity contribution < 1.29 is 19.0 Å². The van der Waals surface area contributed by atoms with E-state index in [4.69, 9.17) is 9.47 Å². The van der Waals surface area contributed by atoms with Gasteiger partial charge >= 0.3 is 6.09 Å². The van der Waals surface area contributed by atoms with Crippen LogP contribution in [-0.2, 0) is 9.47 Å². The Balaban J connectivity index is 2.09. The molecule has 2 heterocycles. The minimum atomic E-state index is -0.548. The van der Waals surface area contributed by atoms with Gasteiger partial charge in [-0.1, -0.05) is 11.3 Å². The Hall–Kier alpha value is -2.28. The number of anilines is 1. The number of rotatable bonds is 3. The molecule has 1 amide bonds. The molecule has 1 aromatic heterocycles. The first-order valence-corrected chi connectivity index (χ1v) is 7.70. The number of hydrogen-bond acceptors (Lipinski definition) is 6. The van der Waals surface area contributed by atoms with E-state index in [1.807, 2.05) is 12.1 Å². The number of thiazole rings is 1. The number of benzene rings is 1. The number of hydrogen-bond donors (Lipinski definition) is 1. The van der Waals surface area contributed by atoms with Crippen LogP contribution in [0, 0.1) is 0 Å². The minimum Gasteiger partial charge on any atom is -0.494 e. The highest BCUT2D eigenvalue weighted by atomic mass is 32.1. The molecule has 0 radical (unpaired) electrons. The molecule has 1 aliphatic heterocycles. The van der Waals surface area contributed by atoms with Crippen molar-refractivity contribution in [3.8, 4) is 5.75 Å². The van der Waals surface area contributed by atoms with E-state index in [0.29, 0.717) is 23.0 Å². The maximum absolute atomic E-state index is 11.4. The van der Waals surface area contributed by atoms with E-state index in [0.717, 1.165) is 28.9 Å². The van der Waals surface area contributed by atoms with Gasteiger partial charge in [0, 0.05) is 5.56 Å². The number of carbonyl (C=O) groups excluding carboxylic acids is 1. The van der Waals surface area contributed by atoms with Crippen LogP contribution in [0.15, 0.2) is 18.2 Å². The van der Waals surface area contributed by atoms with Crippen LogP contribution >= 0.6 is 11.3 Å². The van der Waals surface area contributed by atoms with Crippen LogP contribution in [0.4, 0.5) is 9.93 Å². The molecular weight excluding hydrogens is 304 g/mol. The summed E-state index contributed by atoms with van der Waals surface area (Å²) in [7, 11) is 2.91. The Labute approximate surface area is 131 Å². The summed E-state index contributed by atoms with van der Waals surface area (Å²) in [6.45, 7) is 0.714. The van der Waals surface area contributed by atoms with Crippen molar-refractivity contribution in [2.75, 3.05) is 26.1 Å². The normalized spacial score (nSPS) is 14.2. The molecule has 0 bridgehead atoms. The van der Waals surface area contributed by atoms with Gasteiger partial charge in [-0.15, -0.1) is 0 Å². The average Bonchev–Trinajstić information content (AvgIpc) is 2.97. The predicted molar refractivity (Wildman–Crippen MR) is 85.4 cm³/mol. The highest BCUT2D eigenvalue weighted by Gasteiger charge is 2.18. The highest BCUT2D eigenvalue weighted by Crippen LogP contribution is 2.38. The van der Waals surface area contributed by atoms with Gasteiger partial charge in [0.25, 0.3) is 0 Å². The molecule has 1 aromatic carbocycles. The van der Waals surface area contributed by atoms with Gasteiger partial charge in [-0.3, -0.25) is 5.32 Å². The van der Waals surface area contributed by atoms with Crippen LogP contribution in [0.25, 0.3) is 16.0 Å². The zero-order chi connectivity index (χ0) is 15.5. The molecule has 22 heavy (non-hydrogen) atoms. The van der Waals surface area contributed by atoms with Gasteiger partial charge in [0.1, 0.15) is 17.0 Å². The molecule has 6 nitrogen and oxygen atoms in total. The molecule has 0 spiro atoms. The first kappa shape index (κ1) is 14.6. The number of nitrogens with zero attached hydrogens (tertiary/aromatic N) is 1. The second-order valence-corrected chi connectivity index (χ2v) is 5.69. The number of allylic oxidation sites excluding steroid dienone is 1. The number of fused-ring (bicyclic) bond motifs is 1. The summed E-state index contributed by atoms with van der Waals surface area (Å²) in [6.07, 6.45) is 3.56. The number of methoxy groups -OCH3 is 2. The van der Waals surface area contributed by atoms with Gasteiger partial charge < -0.3 is 14.2 Å². The van der Waals surface area contributed by atoms with Crippen molar-refractivity contribution in [1.82, 2.24) is 4.98 Å². The molecule has 0 fully saturated rings. The molecule has 7 heteroatoms. The number of aromatic nitrogens is 1. The van der Waals surface area contributed by atoms with E-state index >= 15 is 0 Å². The monoisotopic (exact) mass is 320 g/mol. The predicted octanol–water partition coefficient (Wildman–Crippen LogP) is 3.63. The molecule has 0 aliphatic carbocycles. The van der Waals surface area contributed by atoms with Crippen LogP contribution in [0.3, 0.4) is 0 Å². The Morgan fingerprint density at radius 3 is 2.95 bits per heavy atom. The molecule has 0 atom stereocenters. The lowest BCUT2D eigenvalue weighted by molar-refractivity contribution is 0.187. The number of carbonyl (C=O) groups is 1. The van der Waals surface area contributed by atoms with Crippen molar-refractivity contribution in [3.05, 3.63) is 23.8 Å². The Bertz CT molecular complexity index is 738. The lowest BCUT2D eigenvalue weighted by Crippen LogP contribution is -2.10. The van der Waals surface area contributed by atoms with Gasteiger partial charge in [0.05, 0.1) is 25.5 Å². The summed E-state index contributed by atoms with van der Waals surface area (Å²) in [5.74, 6) is 1.51. The van der Waals surface area contributed by atoms with Gasteiger partial charge in [-0.25, -0.2) is 9.78 Å². The van der Waals surface area contributed by atoms with Crippen LogP contribution in [0.5, 0.6) is 5.75 Å². The largest absolute Gasteiger partial charge is 0.494 e. The molecule has 116 valence electrons. The lowest BCUT2D eigenvalue weighted by Gasteiger charge is -2.15. The Kier molecular flexibility index (Phi) is 4.15. The van der Waals surface area contributed by atoms with E-state index in [9.17, 15) is 4.79 Å². The maximum Gasteiger partial charge on any atom is 0.413 e. The van der Waals surface area contributed by atoms with E-state index in [1.165, 1.54) is 18.4 Å².